The van der Waals surface area contributed by atoms with E-state index in [1.807, 2.05) is 44.2 Å². The number of hydroxylamine groups is 2. The number of ether oxygens (including phenoxy) is 2. The fourth-order valence-electron chi connectivity index (χ4n) is 3.30. The van der Waals surface area contributed by atoms with Gasteiger partial charge in [0.05, 0.1) is 12.2 Å². The van der Waals surface area contributed by atoms with Gasteiger partial charge in [-0.15, -0.1) is 5.06 Å². The zero-order chi connectivity index (χ0) is 22.0. The Bertz CT molecular complexity index is 1150. The van der Waals surface area contributed by atoms with Crippen molar-refractivity contribution in [3.05, 3.63) is 76.6 Å². The first-order valence-electron chi connectivity index (χ1n) is 10.0. The molecule has 2 heterocycles. The van der Waals surface area contributed by atoms with Crippen molar-refractivity contribution in [3.8, 4) is 11.5 Å². The van der Waals surface area contributed by atoms with Crippen LogP contribution in [0, 0.1) is 12.3 Å². The van der Waals surface area contributed by atoms with Gasteiger partial charge in [-0.1, -0.05) is 30.3 Å². The molecule has 0 bridgehead atoms. The topological polar surface area (TPSA) is 84.2 Å². The van der Waals surface area contributed by atoms with Crippen LogP contribution in [-0.4, -0.2) is 29.2 Å². The SMILES string of the molecule is CCOc1cc(/C=C2/C(=N)N3OC(C)=CC3=NC2=O)ccc1OCc1ccccc1C. The van der Waals surface area contributed by atoms with Crippen molar-refractivity contribution in [2.24, 2.45) is 4.99 Å². The minimum absolute atomic E-state index is 0.0547. The number of hydrogen-bond acceptors (Lipinski definition) is 5. The second-order valence-electron chi connectivity index (χ2n) is 7.18. The van der Waals surface area contributed by atoms with Gasteiger partial charge >= 0.3 is 0 Å². The summed E-state index contributed by atoms with van der Waals surface area (Å²) in [7, 11) is 0. The summed E-state index contributed by atoms with van der Waals surface area (Å²) in [5.74, 6) is 1.54. The second-order valence-corrected chi connectivity index (χ2v) is 7.18. The van der Waals surface area contributed by atoms with Crippen molar-refractivity contribution in [1.29, 1.82) is 5.41 Å². The summed E-state index contributed by atoms with van der Waals surface area (Å²) >= 11 is 0. The molecule has 7 heteroatoms. The molecule has 0 spiro atoms. The molecule has 0 aliphatic carbocycles. The first-order valence-corrected chi connectivity index (χ1v) is 10.0. The van der Waals surface area contributed by atoms with E-state index >= 15 is 0 Å². The number of benzene rings is 2. The van der Waals surface area contributed by atoms with Gasteiger partial charge < -0.3 is 14.3 Å². The second kappa shape index (κ2) is 8.47. The lowest BCUT2D eigenvalue weighted by Gasteiger charge is -2.23. The summed E-state index contributed by atoms with van der Waals surface area (Å²) < 4.78 is 11.8. The molecule has 158 valence electrons. The maximum Gasteiger partial charge on any atom is 0.282 e. The van der Waals surface area contributed by atoms with E-state index in [-0.39, 0.29) is 11.4 Å². The molecule has 0 radical (unpaired) electrons. The number of allylic oxidation sites excluding steroid dienone is 1. The molecule has 2 aliphatic rings. The number of hydrogen-bond donors (Lipinski definition) is 1. The maximum atomic E-state index is 12.5. The number of carbonyl (C=O) groups excluding carboxylic acids is 1. The van der Waals surface area contributed by atoms with Gasteiger partial charge in [-0.3, -0.25) is 10.2 Å². The standard InChI is InChI=1S/C24H23N3O4/c1-4-29-21-13-17(9-10-20(21)30-14-18-8-6-5-7-15(18)2)12-19-23(25)27-22(26-24(19)28)11-16(3)31-27/h5-13,25H,4,14H2,1-3H3/b19-12-,25-23?. The zero-order valence-corrected chi connectivity index (χ0v) is 17.6. The highest BCUT2D eigenvalue weighted by atomic mass is 16.7. The summed E-state index contributed by atoms with van der Waals surface area (Å²) in [6.07, 6.45) is 3.23. The summed E-state index contributed by atoms with van der Waals surface area (Å²) in [6, 6.07) is 13.5. The fourth-order valence-corrected chi connectivity index (χ4v) is 3.30. The normalized spacial score (nSPS) is 16.6. The highest BCUT2D eigenvalue weighted by Crippen LogP contribution is 2.31. The van der Waals surface area contributed by atoms with E-state index in [2.05, 4.69) is 4.99 Å². The van der Waals surface area contributed by atoms with Gasteiger partial charge in [-0.25, -0.2) is 0 Å². The summed E-state index contributed by atoms with van der Waals surface area (Å²) in [6.45, 7) is 6.57. The van der Waals surface area contributed by atoms with Crippen LogP contribution in [0.4, 0.5) is 0 Å². The van der Waals surface area contributed by atoms with Crippen molar-refractivity contribution < 1.29 is 19.1 Å². The lowest BCUT2D eigenvalue weighted by molar-refractivity contribution is -0.114. The van der Waals surface area contributed by atoms with Crippen molar-refractivity contribution >= 4 is 23.7 Å². The molecule has 7 nitrogen and oxygen atoms in total. The largest absolute Gasteiger partial charge is 0.490 e. The molecule has 1 amide bonds. The number of fused-ring (bicyclic) bond motifs is 1. The molecule has 31 heavy (non-hydrogen) atoms. The third kappa shape index (κ3) is 4.21. The van der Waals surface area contributed by atoms with Crippen LogP contribution in [0.25, 0.3) is 6.08 Å². The molecule has 0 fully saturated rings. The van der Waals surface area contributed by atoms with Crippen LogP contribution in [0.3, 0.4) is 0 Å². The first kappa shape index (κ1) is 20.4. The molecular weight excluding hydrogens is 394 g/mol. The van der Waals surface area contributed by atoms with Gasteiger partial charge in [0.25, 0.3) is 5.91 Å². The van der Waals surface area contributed by atoms with E-state index in [9.17, 15) is 4.79 Å². The minimum atomic E-state index is -0.483. The summed E-state index contributed by atoms with van der Waals surface area (Å²) in [5, 5.41) is 9.58. The monoisotopic (exact) mass is 417 g/mol. The van der Waals surface area contributed by atoms with Gasteiger partial charge in [0.15, 0.2) is 23.2 Å². The zero-order valence-electron chi connectivity index (χ0n) is 17.6. The number of rotatable bonds is 6. The highest BCUT2D eigenvalue weighted by Gasteiger charge is 2.34. The van der Waals surface area contributed by atoms with Gasteiger partial charge in [-0.05, 0) is 55.7 Å². The predicted molar refractivity (Wildman–Crippen MR) is 118 cm³/mol. The van der Waals surface area contributed by atoms with Crippen LogP contribution >= 0.6 is 0 Å². The van der Waals surface area contributed by atoms with E-state index in [4.69, 9.17) is 19.7 Å². The Hall–Kier alpha value is -3.87. The Morgan fingerprint density at radius 2 is 1.94 bits per heavy atom. The van der Waals surface area contributed by atoms with Gasteiger partial charge in [0.2, 0.25) is 0 Å². The van der Waals surface area contributed by atoms with Crippen LogP contribution in [0.2, 0.25) is 0 Å². The van der Waals surface area contributed by atoms with Crippen LogP contribution in [0.5, 0.6) is 11.5 Å². The maximum absolute atomic E-state index is 12.5. The Morgan fingerprint density at radius 1 is 1.13 bits per heavy atom. The van der Waals surface area contributed by atoms with Crippen LogP contribution < -0.4 is 9.47 Å². The average molecular weight is 417 g/mol. The first-order chi connectivity index (χ1) is 15.0. The molecule has 0 saturated carbocycles. The van der Waals surface area contributed by atoms with Gasteiger partial charge in [-0.2, -0.15) is 4.99 Å². The van der Waals surface area contributed by atoms with Gasteiger partial charge in [0, 0.05) is 6.08 Å². The summed E-state index contributed by atoms with van der Waals surface area (Å²) in [5.41, 5.74) is 3.09. The summed E-state index contributed by atoms with van der Waals surface area (Å²) in [4.78, 5) is 21.9. The molecule has 2 aliphatic heterocycles. The minimum Gasteiger partial charge on any atom is -0.490 e. The van der Waals surface area contributed by atoms with E-state index < -0.39 is 5.91 Å². The molecule has 4 rings (SSSR count). The van der Waals surface area contributed by atoms with Crippen molar-refractivity contribution in [2.45, 2.75) is 27.4 Å². The quantitative estimate of drug-likeness (QED) is 0.703. The number of nitrogens with zero attached hydrogens (tertiary/aromatic N) is 2. The molecule has 0 saturated heterocycles. The number of nitrogens with one attached hydrogen (secondary N) is 1. The molecule has 2 aromatic rings. The lowest BCUT2D eigenvalue weighted by atomic mass is 10.1. The number of aryl methyl sites for hydroxylation is 1. The number of carbonyl (C=O) groups is 1. The Kier molecular flexibility index (Phi) is 5.58. The van der Waals surface area contributed by atoms with E-state index in [1.165, 1.54) is 5.06 Å². The Balaban J connectivity index is 1.58. The van der Waals surface area contributed by atoms with Crippen LogP contribution in [-0.2, 0) is 16.2 Å². The Morgan fingerprint density at radius 3 is 2.71 bits per heavy atom. The molecule has 0 unspecified atom stereocenters. The van der Waals surface area contributed by atoms with E-state index in [0.717, 1.165) is 11.1 Å². The molecule has 0 atom stereocenters. The number of aliphatic imine (C=N–C) groups is 1. The van der Waals surface area contributed by atoms with Gasteiger partial charge in [0.1, 0.15) is 12.4 Å². The van der Waals surface area contributed by atoms with E-state index in [1.54, 1.807) is 31.2 Å². The lowest BCUT2D eigenvalue weighted by Crippen LogP contribution is -2.38. The molecule has 0 aromatic heterocycles. The van der Waals surface area contributed by atoms with Crippen molar-refractivity contribution in [3.63, 3.8) is 0 Å². The predicted octanol–water partition coefficient (Wildman–Crippen LogP) is 4.42. The van der Waals surface area contributed by atoms with Crippen LogP contribution in [0.1, 0.15) is 30.5 Å². The third-order valence-electron chi connectivity index (χ3n) is 4.90. The van der Waals surface area contributed by atoms with E-state index in [0.29, 0.717) is 41.9 Å². The fraction of sp³-hybridized carbons (Fsp3) is 0.208. The van der Waals surface area contributed by atoms with Crippen molar-refractivity contribution in [2.75, 3.05) is 6.61 Å². The molecule has 1 N–H and O–H groups in total. The molecular formula is C24H23N3O4. The Labute approximate surface area is 180 Å². The van der Waals surface area contributed by atoms with Crippen molar-refractivity contribution in [1.82, 2.24) is 5.06 Å². The average Bonchev–Trinajstić information content (AvgIpc) is 3.12. The molecule has 2 aromatic carbocycles. The highest BCUT2D eigenvalue weighted by molar-refractivity contribution is 6.32. The smallest absolute Gasteiger partial charge is 0.282 e. The number of amidine groups is 2. The number of amides is 1. The van der Waals surface area contributed by atoms with Crippen LogP contribution in [0.15, 0.2) is 64.9 Å². The third-order valence-corrected chi connectivity index (χ3v) is 4.90.